The topological polar surface area (TPSA) is 41.5 Å². The van der Waals surface area contributed by atoms with Gasteiger partial charge in [-0.2, -0.15) is 0 Å². The average molecular weight is 221 g/mol. The molecular formula is C13H19NO2. The van der Waals surface area contributed by atoms with E-state index in [0.29, 0.717) is 11.8 Å². The number of phenols is 1. The third-order valence-corrected chi connectivity index (χ3v) is 3.22. The molecule has 0 spiro atoms. The van der Waals surface area contributed by atoms with Gasteiger partial charge in [-0.15, -0.1) is 0 Å². The number of phenolic OH excluding ortho intramolecular Hbond substituents is 1. The van der Waals surface area contributed by atoms with Crippen molar-refractivity contribution < 1.29 is 9.84 Å². The summed E-state index contributed by atoms with van der Waals surface area (Å²) in [6, 6.07) is 4.29. The van der Waals surface area contributed by atoms with E-state index in [-0.39, 0.29) is 0 Å². The van der Waals surface area contributed by atoms with Gasteiger partial charge in [0.25, 0.3) is 0 Å². The fourth-order valence-electron chi connectivity index (χ4n) is 2.29. The highest BCUT2D eigenvalue weighted by molar-refractivity contribution is 5.46. The van der Waals surface area contributed by atoms with E-state index in [1.165, 1.54) is 12.8 Å². The fraction of sp³-hybridized carbons (Fsp3) is 0.538. The van der Waals surface area contributed by atoms with Gasteiger partial charge in [0.2, 0.25) is 0 Å². The minimum Gasteiger partial charge on any atom is -0.507 e. The van der Waals surface area contributed by atoms with Gasteiger partial charge in [0, 0.05) is 6.04 Å². The lowest BCUT2D eigenvalue weighted by molar-refractivity contribution is 0.408. The van der Waals surface area contributed by atoms with E-state index in [9.17, 15) is 5.11 Å². The first kappa shape index (κ1) is 11.3. The molecule has 1 atom stereocenters. The smallest absolute Gasteiger partial charge is 0.121 e. The summed E-state index contributed by atoms with van der Waals surface area (Å²) in [4.78, 5) is 0. The largest absolute Gasteiger partial charge is 0.507 e. The van der Waals surface area contributed by atoms with Crippen LogP contribution in [0.5, 0.6) is 11.5 Å². The molecule has 1 saturated heterocycles. The highest BCUT2D eigenvalue weighted by Crippen LogP contribution is 2.29. The highest BCUT2D eigenvalue weighted by atomic mass is 16.5. The van der Waals surface area contributed by atoms with Crippen molar-refractivity contribution in [1.82, 2.24) is 5.32 Å². The zero-order valence-electron chi connectivity index (χ0n) is 9.92. The Hall–Kier alpha value is -1.22. The van der Waals surface area contributed by atoms with Gasteiger partial charge in [0.15, 0.2) is 0 Å². The summed E-state index contributed by atoms with van der Waals surface area (Å²) < 4.78 is 5.22. The van der Waals surface area contributed by atoms with Crippen molar-refractivity contribution in [3.63, 3.8) is 0 Å². The number of ether oxygens (including phenoxy) is 1. The number of hydrogen-bond donors (Lipinski definition) is 2. The van der Waals surface area contributed by atoms with Crippen LogP contribution >= 0.6 is 0 Å². The molecule has 1 heterocycles. The van der Waals surface area contributed by atoms with Crippen molar-refractivity contribution in [2.45, 2.75) is 32.2 Å². The molecule has 0 radical (unpaired) electrons. The normalized spacial score (nSPS) is 20.0. The Balaban J connectivity index is 2.20. The average Bonchev–Trinajstić information content (AvgIpc) is 2.77. The van der Waals surface area contributed by atoms with Gasteiger partial charge in [-0.25, -0.2) is 0 Å². The van der Waals surface area contributed by atoms with Crippen LogP contribution in [0.25, 0.3) is 0 Å². The van der Waals surface area contributed by atoms with Crippen LogP contribution in [0.2, 0.25) is 0 Å². The Morgan fingerprint density at radius 1 is 1.50 bits per heavy atom. The van der Waals surface area contributed by atoms with Crippen LogP contribution in [0.1, 0.15) is 24.0 Å². The molecule has 1 aliphatic rings. The second-order valence-corrected chi connectivity index (χ2v) is 4.45. The molecule has 3 heteroatoms. The number of methoxy groups -OCH3 is 1. The van der Waals surface area contributed by atoms with Crippen LogP contribution in [0.15, 0.2) is 12.1 Å². The predicted octanol–water partition coefficient (Wildman–Crippen LogP) is 2.00. The summed E-state index contributed by atoms with van der Waals surface area (Å²) >= 11 is 0. The second-order valence-electron chi connectivity index (χ2n) is 4.45. The standard InChI is InChI=1S/C13H19NO2/c1-9-6-12(16-2)8-10(13(9)15)7-11-4-3-5-14-11/h6,8,11,14-15H,3-5,7H2,1-2H3. The summed E-state index contributed by atoms with van der Waals surface area (Å²) in [6.07, 6.45) is 3.30. The number of benzene rings is 1. The van der Waals surface area contributed by atoms with Crippen LogP contribution in [0, 0.1) is 6.92 Å². The van der Waals surface area contributed by atoms with Crippen LogP contribution in [0.3, 0.4) is 0 Å². The van der Waals surface area contributed by atoms with E-state index >= 15 is 0 Å². The van der Waals surface area contributed by atoms with Gasteiger partial charge in [0.05, 0.1) is 7.11 Å². The van der Waals surface area contributed by atoms with E-state index < -0.39 is 0 Å². The molecule has 1 unspecified atom stereocenters. The van der Waals surface area contributed by atoms with E-state index in [4.69, 9.17) is 4.74 Å². The van der Waals surface area contributed by atoms with E-state index in [1.807, 2.05) is 19.1 Å². The molecule has 1 aromatic rings. The second kappa shape index (κ2) is 4.74. The number of nitrogens with one attached hydrogen (secondary N) is 1. The van der Waals surface area contributed by atoms with Crippen molar-refractivity contribution >= 4 is 0 Å². The lowest BCUT2D eigenvalue weighted by Gasteiger charge is -2.14. The molecular weight excluding hydrogens is 202 g/mol. The van der Waals surface area contributed by atoms with Crippen LogP contribution in [-0.4, -0.2) is 24.8 Å². The molecule has 16 heavy (non-hydrogen) atoms. The molecule has 2 rings (SSSR count). The van der Waals surface area contributed by atoms with Crippen molar-refractivity contribution in [3.05, 3.63) is 23.3 Å². The number of hydrogen-bond acceptors (Lipinski definition) is 3. The first-order valence-corrected chi connectivity index (χ1v) is 5.80. The number of aromatic hydroxyl groups is 1. The molecule has 2 N–H and O–H groups in total. The van der Waals surface area contributed by atoms with E-state index in [0.717, 1.165) is 29.8 Å². The van der Waals surface area contributed by atoms with E-state index in [2.05, 4.69) is 5.32 Å². The quantitative estimate of drug-likeness (QED) is 0.820. The van der Waals surface area contributed by atoms with Gasteiger partial charge < -0.3 is 15.2 Å². The van der Waals surface area contributed by atoms with Crippen molar-refractivity contribution in [1.29, 1.82) is 0 Å². The Labute approximate surface area is 96.4 Å². The van der Waals surface area contributed by atoms with Gasteiger partial charge in [-0.3, -0.25) is 0 Å². The van der Waals surface area contributed by atoms with E-state index in [1.54, 1.807) is 7.11 Å². The Bertz CT molecular complexity index is 370. The molecule has 3 nitrogen and oxygen atoms in total. The maximum absolute atomic E-state index is 9.99. The lowest BCUT2D eigenvalue weighted by Crippen LogP contribution is -2.23. The van der Waals surface area contributed by atoms with Crippen LogP contribution in [-0.2, 0) is 6.42 Å². The third kappa shape index (κ3) is 2.30. The molecule has 88 valence electrons. The van der Waals surface area contributed by atoms with Crippen molar-refractivity contribution in [2.75, 3.05) is 13.7 Å². The minimum absolute atomic E-state index is 0.412. The maximum atomic E-state index is 9.99. The molecule has 0 saturated carbocycles. The SMILES string of the molecule is COc1cc(C)c(O)c(CC2CCCN2)c1. The molecule has 0 bridgehead atoms. The van der Waals surface area contributed by atoms with Gasteiger partial charge >= 0.3 is 0 Å². The van der Waals surface area contributed by atoms with Gasteiger partial charge in [-0.05, 0) is 56.0 Å². The third-order valence-electron chi connectivity index (χ3n) is 3.22. The molecule has 0 aliphatic carbocycles. The number of aryl methyl sites for hydroxylation is 1. The first-order valence-electron chi connectivity index (χ1n) is 5.80. The first-order chi connectivity index (χ1) is 7.70. The summed E-state index contributed by atoms with van der Waals surface area (Å²) in [5, 5.41) is 13.4. The zero-order chi connectivity index (χ0) is 11.5. The predicted molar refractivity (Wildman–Crippen MR) is 64.1 cm³/mol. The summed E-state index contributed by atoms with van der Waals surface area (Å²) in [7, 11) is 1.66. The fourth-order valence-corrected chi connectivity index (χ4v) is 2.29. The number of rotatable bonds is 3. The summed E-state index contributed by atoms with van der Waals surface area (Å²) in [5.41, 5.74) is 1.86. The Morgan fingerprint density at radius 2 is 2.31 bits per heavy atom. The van der Waals surface area contributed by atoms with Crippen molar-refractivity contribution in [2.24, 2.45) is 0 Å². The summed E-state index contributed by atoms with van der Waals surface area (Å²) in [5.74, 6) is 1.23. The molecule has 1 aliphatic heterocycles. The van der Waals surface area contributed by atoms with Crippen molar-refractivity contribution in [3.8, 4) is 11.5 Å². The van der Waals surface area contributed by atoms with Crippen LogP contribution in [0.4, 0.5) is 0 Å². The molecule has 1 fully saturated rings. The zero-order valence-corrected chi connectivity index (χ0v) is 9.92. The lowest BCUT2D eigenvalue weighted by atomic mass is 10.0. The molecule has 0 aromatic heterocycles. The molecule has 1 aromatic carbocycles. The molecule has 0 amide bonds. The van der Waals surface area contributed by atoms with Gasteiger partial charge in [-0.1, -0.05) is 0 Å². The minimum atomic E-state index is 0.412. The maximum Gasteiger partial charge on any atom is 0.121 e. The monoisotopic (exact) mass is 221 g/mol. The van der Waals surface area contributed by atoms with Crippen LogP contribution < -0.4 is 10.1 Å². The summed E-state index contributed by atoms with van der Waals surface area (Å²) in [6.45, 7) is 3.00. The Morgan fingerprint density at radius 3 is 2.94 bits per heavy atom. The Kier molecular flexibility index (Phi) is 3.34. The highest BCUT2D eigenvalue weighted by Gasteiger charge is 2.17. The van der Waals surface area contributed by atoms with Gasteiger partial charge in [0.1, 0.15) is 11.5 Å².